The van der Waals surface area contributed by atoms with E-state index >= 15 is 0 Å². The molecule has 0 unspecified atom stereocenters. The predicted octanol–water partition coefficient (Wildman–Crippen LogP) is 4.08. The smallest absolute Gasteiger partial charge is 0.224 e. The number of aromatic nitrogens is 4. The number of aryl methyl sites for hydroxylation is 1. The van der Waals surface area contributed by atoms with Crippen LogP contribution in [0.2, 0.25) is 0 Å². The molecule has 3 N–H and O–H groups in total. The van der Waals surface area contributed by atoms with Crippen molar-refractivity contribution in [1.29, 1.82) is 0 Å². The molecule has 3 heterocycles. The molecule has 1 aromatic carbocycles. The van der Waals surface area contributed by atoms with Crippen LogP contribution in [0.4, 0.5) is 22.0 Å². The maximum Gasteiger partial charge on any atom is 0.224 e. The zero-order valence-corrected chi connectivity index (χ0v) is 18.2. The van der Waals surface area contributed by atoms with Crippen LogP contribution < -0.4 is 10.6 Å². The van der Waals surface area contributed by atoms with Gasteiger partial charge >= 0.3 is 0 Å². The lowest BCUT2D eigenvalue weighted by Crippen LogP contribution is -2.29. The summed E-state index contributed by atoms with van der Waals surface area (Å²) in [5.74, 6) is 0.802. The number of nitrogens with one attached hydrogen (secondary N) is 2. The molecule has 2 aliphatic rings. The molecule has 0 spiro atoms. The number of fused-ring (bicyclic) bond motifs is 1. The van der Waals surface area contributed by atoms with Gasteiger partial charge in [0.15, 0.2) is 5.65 Å². The summed E-state index contributed by atoms with van der Waals surface area (Å²) in [5.41, 5.74) is 2.62. The highest BCUT2D eigenvalue weighted by Gasteiger charge is 2.25. The van der Waals surface area contributed by atoms with Crippen molar-refractivity contribution < 1.29 is 14.2 Å². The first-order valence-electron chi connectivity index (χ1n) is 11.4. The van der Waals surface area contributed by atoms with Crippen molar-refractivity contribution in [3.05, 3.63) is 35.8 Å². The number of para-hydroxylation sites is 1. The van der Waals surface area contributed by atoms with Gasteiger partial charge in [0.25, 0.3) is 0 Å². The van der Waals surface area contributed by atoms with Gasteiger partial charge in [0.1, 0.15) is 11.3 Å². The fraction of sp³-hybridized carbons (Fsp3) is 0.522. The standard InChI is InChI=1S/C23H29FN6O2/c1-14-3-2-4-18(24)20(14)28-23-27-19-13-25-22(26-15-5-7-17(31)8-6-15)29-21(19)30(23)16-9-11-32-12-10-16/h2-4,13,15-17,31H,5-12H2,1H3,(H,27,28)(H,25,26,29)/t15-,17-. The lowest BCUT2D eigenvalue weighted by molar-refractivity contribution is 0.0710. The molecule has 1 aliphatic heterocycles. The lowest BCUT2D eigenvalue weighted by atomic mass is 9.93. The number of nitrogens with zero attached hydrogens (tertiary/aromatic N) is 4. The molecule has 5 rings (SSSR count). The van der Waals surface area contributed by atoms with E-state index in [-0.39, 0.29) is 24.0 Å². The Morgan fingerprint density at radius 3 is 2.62 bits per heavy atom. The van der Waals surface area contributed by atoms with E-state index in [4.69, 9.17) is 14.7 Å². The van der Waals surface area contributed by atoms with Crippen molar-refractivity contribution in [1.82, 2.24) is 19.5 Å². The van der Waals surface area contributed by atoms with E-state index in [1.165, 1.54) is 6.07 Å². The summed E-state index contributed by atoms with van der Waals surface area (Å²) in [6.07, 6.45) is 6.54. The molecule has 2 aromatic heterocycles. The second-order valence-electron chi connectivity index (χ2n) is 8.76. The van der Waals surface area contributed by atoms with E-state index in [0.717, 1.165) is 49.7 Å². The summed E-state index contributed by atoms with van der Waals surface area (Å²) in [6.45, 7) is 3.21. The van der Waals surface area contributed by atoms with Crippen LogP contribution in [0.5, 0.6) is 0 Å². The topological polar surface area (TPSA) is 97.1 Å². The largest absolute Gasteiger partial charge is 0.393 e. The van der Waals surface area contributed by atoms with E-state index in [0.29, 0.717) is 36.3 Å². The molecule has 9 heteroatoms. The van der Waals surface area contributed by atoms with Gasteiger partial charge in [-0.2, -0.15) is 4.98 Å². The van der Waals surface area contributed by atoms with Crippen LogP contribution in [-0.2, 0) is 4.74 Å². The molecule has 2 fully saturated rings. The van der Waals surface area contributed by atoms with Crippen LogP contribution in [0, 0.1) is 12.7 Å². The quantitative estimate of drug-likeness (QED) is 0.550. The molecule has 1 aliphatic carbocycles. The Balaban J connectivity index is 1.51. The fourth-order valence-corrected chi connectivity index (χ4v) is 4.64. The molecule has 0 amide bonds. The number of hydrogen-bond donors (Lipinski definition) is 3. The number of aliphatic hydroxyl groups is 1. The third kappa shape index (κ3) is 4.27. The minimum absolute atomic E-state index is 0.149. The molecule has 1 saturated carbocycles. The molecular formula is C23H29FN6O2. The Hall–Kier alpha value is -2.78. The number of benzene rings is 1. The summed E-state index contributed by atoms with van der Waals surface area (Å²) in [4.78, 5) is 14.0. The van der Waals surface area contributed by atoms with Gasteiger partial charge in [0, 0.05) is 25.3 Å². The Labute approximate surface area is 186 Å². The number of imidazole rings is 1. The zero-order chi connectivity index (χ0) is 22.1. The Morgan fingerprint density at radius 1 is 1.09 bits per heavy atom. The molecule has 1 saturated heterocycles. The second kappa shape index (κ2) is 8.99. The fourth-order valence-electron chi connectivity index (χ4n) is 4.64. The molecular weight excluding hydrogens is 411 g/mol. The van der Waals surface area contributed by atoms with Crippen molar-refractivity contribution >= 4 is 28.7 Å². The van der Waals surface area contributed by atoms with Crippen LogP contribution in [-0.4, -0.2) is 50.0 Å². The van der Waals surface area contributed by atoms with Gasteiger partial charge in [-0.05, 0) is 57.1 Å². The van der Waals surface area contributed by atoms with Gasteiger partial charge in [-0.15, -0.1) is 0 Å². The van der Waals surface area contributed by atoms with Crippen LogP contribution in [0.1, 0.15) is 50.1 Å². The normalized spacial score (nSPS) is 22.2. The third-order valence-corrected chi connectivity index (χ3v) is 6.48. The summed E-state index contributed by atoms with van der Waals surface area (Å²) in [5, 5.41) is 16.4. The minimum Gasteiger partial charge on any atom is -0.393 e. The molecule has 0 bridgehead atoms. The number of ether oxygens (including phenoxy) is 1. The molecule has 0 atom stereocenters. The zero-order valence-electron chi connectivity index (χ0n) is 18.2. The van der Waals surface area contributed by atoms with Crippen molar-refractivity contribution in [3.63, 3.8) is 0 Å². The molecule has 0 radical (unpaired) electrons. The first kappa shape index (κ1) is 21.1. The monoisotopic (exact) mass is 440 g/mol. The lowest BCUT2D eigenvalue weighted by Gasteiger charge is -2.27. The molecule has 3 aromatic rings. The van der Waals surface area contributed by atoms with E-state index in [1.807, 2.05) is 13.0 Å². The van der Waals surface area contributed by atoms with E-state index < -0.39 is 0 Å². The number of anilines is 3. The number of aliphatic hydroxyl groups excluding tert-OH is 1. The average Bonchev–Trinajstić information content (AvgIpc) is 3.16. The summed E-state index contributed by atoms with van der Waals surface area (Å²) in [7, 11) is 0. The van der Waals surface area contributed by atoms with Gasteiger partial charge < -0.3 is 20.5 Å². The van der Waals surface area contributed by atoms with Crippen molar-refractivity contribution in [2.45, 2.75) is 63.6 Å². The highest BCUT2D eigenvalue weighted by atomic mass is 19.1. The van der Waals surface area contributed by atoms with Gasteiger partial charge in [0.2, 0.25) is 11.9 Å². The van der Waals surface area contributed by atoms with E-state index in [2.05, 4.69) is 20.2 Å². The molecule has 8 nitrogen and oxygen atoms in total. The van der Waals surface area contributed by atoms with Crippen LogP contribution in [0.25, 0.3) is 11.2 Å². The van der Waals surface area contributed by atoms with Crippen molar-refractivity contribution in [2.75, 3.05) is 23.8 Å². The molecule has 170 valence electrons. The minimum atomic E-state index is -0.316. The van der Waals surface area contributed by atoms with Gasteiger partial charge in [-0.3, -0.25) is 4.57 Å². The van der Waals surface area contributed by atoms with Crippen LogP contribution >= 0.6 is 0 Å². The van der Waals surface area contributed by atoms with E-state index in [9.17, 15) is 9.50 Å². The maximum atomic E-state index is 14.5. The van der Waals surface area contributed by atoms with Crippen LogP contribution in [0.3, 0.4) is 0 Å². The Morgan fingerprint density at radius 2 is 1.88 bits per heavy atom. The first-order valence-corrected chi connectivity index (χ1v) is 11.4. The Bertz CT molecular complexity index is 1070. The van der Waals surface area contributed by atoms with Crippen molar-refractivity contribution in [2.24, 2.45) is 0 Å². The molecule has 32 heavy (non-hydrogen) atoms. The summed E-state index contributed by atoms with van der Waals surface area (Å²) in [6, 6.07) is 5.41. The van der Waals surface area contributed by atoms with Gasteiger partial charge in [-0.25, -0.2) is 14.4 Å². The van der Waals surface area contributed by atoms with Crippen LogP contribution in [0.15, 0.2) is 24.4 Å². The Kier molecular flexibility index (Phi) is 5.93. The second-order valence-corrected chi connectivity index (χ2v) is 8.76. The van der Waals surface area contributed by atoms with E-state index in [1.54, 1.807) is 12.3 Å². The highest BCUT2D eigenvalue weighted by Crippen LogP contribution is 2.33. The average molecular weight is 441 g/mol. The maximum absolute atomic E-state index is 14.5. The van der Waals surface area contributed by atoms with Gasteiger partial charge in [-0.1, -0.05) is 12.1 Å². The SMILES string of the molecule is Cc1cccc(F)c1Nc1nc2cnc(N[C@H]3CC[C@H](O)CC3)nc2n1C1CCOCC1. The number of hydrogen-bond acceptors (Lipinski definition) is 7. The predicted molar refractivity (Wildman–Crippen MR) is 121 cm³/mol. The summed E-state index contributed by atoms with van der Waals surface area (Å²) < 4.78 is 22.2. The number of rotatable bonds is 5. The highest BCUT2D eigenvalue weighted by molar-refractivity contribution is 5.77. The van der Waals surface area contributed by atoms with Gasteiger partial charge in [0.05, 0.1) is 18.0 Å². The third-order valence-electron chi connectivity index (χ3n) is 6.48. The summed E-state index contributed by atoms with van der Waals surface area (Å²) >= 11 is 0. The van der Waals surface area contributed by atoms with Crippen molar-refractivity contribution in [3.8, 4) is 0 Å². The number of halogens is 1. The first-order chi connectivity index (χ1) is 15.6.